The molecule has 0 saturated heterocycles. The van der Waals surface area contributed by atoms with Gasteiger partial charge in [0.2, 0.25) is 0 Å². The minimum Gasteiger partial charge on any atom is -0.508 e. The van der Waals surface area contributed by atoms with Gasteiger partial charge in [-0.3, -0.25) is 28.8 Å². The van der Waals surface area contributed by atoms with E-state index in [9.17, 15) is 55.1 Å². The molecule has 11 rings (SSSR count). The summed E-state index contributed by atoms with van der Waals surface area (Å²) >= 11 is 0. The number of esters is 6. The van der Waals surface area contributed by atoms with Crippen molar-refractivity contribution in [2.45, 2.75) is 442 Å². The van der Waals surface area contributed by atoms with Crippen LogP contribution in [0.2, 0.25) is 0 Å². The molecule has 0 aliphatic heterocycles. The molecule has 0 amide bonds. The minimum absolute atomic E-state index is 0.0995. The Balaban J connectivity index is -0.000000356. The van der Waals surface area contributed by atoms with Crippen LogP contribution in [0.25, 0.3) is 0 Å². The second-order valence-electron chi connectivity index (χ2n) is 41.1. The van der Waals surface area contributed by atoms with Crippen molar-refractivity contribution < 1.29 is 98.5 Å². The van der Waals surface area contributed by atoms with Crippen molar-refractivity contribution in [2.75, 3.05) is 54.4 Å². The summed E-state index contributed by atoms with van der Waals surface area (Å²) in [6.45, 7) is 58.4. The second kappa shape index (κ2) is 85.4. The van der Waals surface area contributed by atoms with Gasteiger partial charge in [-0.1, -0.05) is 385 Å². The highest BCUT2D eigenvalue weighted by atomic mass is 19.4. The molecule has 0 aromatic heterocycles. The second-order valence-corrected chi connectivity index (χ2v) is 41.1. The van der Waals surface area contributed by atoms with Crippen molar-refractivity contribution in [2.24, 2.45) is 32.5 Å². The van der Waals surface area contributed by atoms with Gasteiger partial charge in [0.15, 0.2) is 13.2 Å². The fourth-order valence-corrected chi connectivity index (χ4v) is 9.17. The number of alkyl halides is 6. The zero-order valence-corrected chi connectivity index (χ0v) is 96.4. The summed E-state index contributed by atoms with van der Waals surface area (Å²) < 4.78 is 102. The van der Waals surface area contributed by atoms with Gasteiger partial charge in [-0.15, -0.1) is 0 Å². The lowest BCUT2D eigenvalue weighted by molar-refractivity contribution is -0.192. The van der Waals surface area contributed by atoms with E-state index in [4.69, 9.17) is 24.4 Å². The number of halogens is 6. The van der Waals surface area contributed by atoms with Gasteiger partial charge in [0.05, 0.1) is 59.9 Å². The number of benzene rings is 6. The summed E-state index contributed by atoms with van der Waals surface area (Å²) in [5.41, 5.74) is 5.43. The van der Waals surface area contributed by atoms with Crippen LogP contribution in [0.1, 0.15) is 457 Å². The molecule has 144 heavy (non-hydrogen) atoms. The number of hydrogen-bond donors (Lipinski definition) is 2. The van der Waals surface area contributed by atoms with Gasteiger partial charge in [0.25, 0.3) is 0 Å². The maximum Gasteiger partial charge on any atom is 0.422 e. The minimum atomic E-state index is -4.44. The molecule has 5 aliphatic carbocycles. The third-order valence-corrected chi connectivity index (χ3v) is 24.5. The van der Waals surface area contributed by atoms with E-state index in [0.717, 1.165) is 32.1 Å². The van der Waals surface area contributed by atoms with Gasteiger partial charge in [-0.25, -0.2) is 0 Å². The number of aliphatic hydroxyl groups excluding tert-OH is 1. The molecule has 0 radical (unpaired) electrons. The number of methoxy groups -OCH3 is 3. The van der Waals surface area contributed by atoms with Gasteiger partial charge in [-0.05, 0) is 248 Å². The normalized spacial score (nSPS) is 13.8. The van der Waals surface area contributed by atoms with Crippen LogP contribution in [0.3, 0.4) is 0 Å². The Kier molecular flexibility index (Phi) is 86.6. The molecule has 5 saturated carbocycles. The standard InChI is InChI=1S/C10H20O3.C10H14O.5C10H14.2C8H13F3O2.C8H16O3.2C7H14O2.5C3H6/c1-6-10(3,4)9(11)13-8(2)7-12-5;1-3-8(2)9-4-6-10(11)7-5-9;5*1-3-9(2)10-7-5-4-6-8-10;2*1-4-7(2,3)6(12)13-5-8(9,10)11;1-4-8(2,3)7(10)11-6-5-9;2*1-5-7(2,3)6(8)9-4;5*1-2-3-1/h8H,6-7H2,1-5H3;4-8,11H,3H2,1-2H3;5*4-9H,3H2,1-2H3;2*4-5H2,1-3H3;9H,4-6H2,1-3H3;2*5H2,1-4H3;5*1-3H2. The molecule has 5 fully saturated rings. The number of aliphatic hydroxyl groups is 1. The molecule has 5 aliphatic rings. The molecule has 828 valence electrons. The topological polar surface area (TPSA) is 207 Å². The Labute approximate surface area is 873 Å². The molecular weight excluding hydrogens is 1830 g/mol. The Hall–Kier alpha value is -8.56. The van der Waals surface area contributed by atoms with Crippen molar-refractivity contribution >= 4 is 35.8 Å². The van der Waals surface area contributed by atoms with E-state index < -0.39 is 53.7 Å². The number of phenols is 1. The van der Waals surface area contributed by atoms with E-state index in [1.807, 2.05) is 102 Å². The van der Waals surface area contributed by atoms with Crippen LogP contribution in [-0.2, 0) is 61.9 Å². The number of phenolic OH excluding ortho intramolecular Hbond substituents is 1. The average molecular weight is 2040 g/mol. The first-order valence-corrected chi connectivity index (χ1v) is 53.6. The molecule has 7 unspecified atom stereocenters. The lowest BCUT2D eigenvalue weighted by Crippen LogP contribution is -2.30. The fraction of sp³-hybridized carbons (Fsp3) is 0.659. The molecule has 0 bridgehead atoms. The smallest absolute Gasteiger partial charge is 0.422 e. The molecule has 0 heterocycles. The predicted octanol–water partition coefficient (Wildman–Crippen LogP) is 36.0. The van der Waals surface area contributed by atoms with E-state index >= 15 is 0 Å². The molecule has 2 N–H and O–H groups in total. The van der Waals surface area contributed by atoms with Gasteiger partial charge < -0.3 is 43.4 Å². The average Bonchev–Trinajstić information content (AvgIpc) is 1.65. The zero-order chi connectivity index (χ0) is 112. The number of ether oxygens (including phenoxy) is 7. The summed E-state index contributed by atoms with van der Waals surface area (Å²) in [5, 5.41) is 17.4. The highest BCUT2D eigenvalue weighted by Gasteiger charge is 2.36. The summed E-state index contributed by atoms with van der Waals surface area (Å²) in [6.07, 6.45) is 24.8. The Morgan fingerprint density at radius 2 is 0.458 bits per heavy atom. The monoisotopic (exact) mass is 2040 g/mol. The highest BCUT2D eigenvalue weighted by molar-refractivity contribution is 5.78. The van der Waals surface area contributed by atoms with E-state index in [1.165, 1.54) is 176 Å². The Bertz CT molecular complexity index is 3630. The SMILES string of the molecule is C1CC1.C1CC1.C1CC1.C1CC1.C1CC1.CCC(C)(C)C(=O)OC.CCC(C)(C)C(=O)OC.CCC(C)(C)C(=O)OC(C)COC.CCC(C)(C)C(=O)OCC(F)(F)F.CCC(C)(C)C(=O)OCC(F)(F)F.CCC(C)(C)C(=O)OCCO.CCC(C)c1ccc(O)cc1.CCC(C)c1ccccc1.CCC(C)c1ccccc1.CCC(C)c1ccccc1.CCC(C)c1ccccc1.CCC(C)c1ccccc1. The molecule has 21 heteroatoms. The number of hydrogen-bond acceptors (Lipinski definition) is 15. The molecule has 0 spiro atoms. The predicted molar refractivity (Wildman–Crippen MR) is 590 cm³/mol. The molecule has 7 atom stereocenters. The summed E-state index contributed by atoms with van der Waals surface area (Å²) in [6, 6.07) is 60.6. The van der Waals surface area contributed by atoms with E-state index in [0.29, 0.717) is 60.7 Å². The van der Waals surface area contributed by atoms with E-state index in [-0.39, 0.29) is 59.4 Å². The molecule has 15 nitrogen and oxygen atoms in total. The first kappa shape index (κ1) is 146. The van der Waals surface area contributed by atoms with Crippen LogP contribution in [0.4, 0.5) is 26.3 Å². The summed E-state index contributed by atoms with van der Waals surface area (Å²) in [5.74, 6) is 2.20. The van der Waals surface area contributed by atoms with Crippen molar-refractivity contribution in [3.63, 3.8) is 0 Å². The first-order chi connectivity index (χ1) is 67.4. The quantitative estimate of drug-likeness (QED) is 0.0236. The van der Waals surface area contributed by atoms with Crippen molar-refractivity contribution in [3.8, 4) is 5.75 Å². The maximum atomic E-state index is 11.6. The lowest BCUT2D eigenvalue weighted by Gasteiger charge is -2.23. The summed E-state index contributed by atoms with van der Waals surface area (Å²) in [7, 11) is 4.43. The first-order valence-electron chi connectivity index (χ1n) is 53.6. The molecule has 6 aromatic rings. The van der Waals surface area contributed by atoms with Gasteiger partial charge in [0, 0.05) is 7.11 Å². The maximum absolute atomic E-state index is 11.6. The van der Waals surface area contributed by atoms with E-state index in [1.54, 1.807) is 60.8 Å². The third kappa shape index (κ3) is 87.6. The Morgan fingerprint density at radius 3 is 0.611 bits per heavy atom. The van der Waals surface area contributed by atoms with Crippen LogP contribution in [0.15, 0.2) is 176 Å². The number of carbonyl (C=O) groups excluding carboxylic acids is 6. The fourth-order valence-electron chi connectivity index (χ4n) is 9.17. The lowest BCUT2D eigenvalue weighted by atomic mass is 9.91. The van der Waals surface area contributed by atoms with Crippen molar-refractivity contribution in [3.05, 3.63) is 209 Å². The summed E-state index contributed by atoms with van der Waals surface area (Å²) in [4.78, 5) is 66.3. The van der Waals surface area contributed by atoms with Gasteiger partial charge in [-0.2, -0.15) is 26.3 Å². The van der Waals surface area contributed by atoms with E-state index in [2.05, 4.69) is 254 Å². The number of aromatic hydroxyl groups is 1. The zero-order valence-electron chi connectivity index (χ0n) is 96.4. The van der Waals surface area contributed by atoms with Crippen LogP contribution < -0.4 is 0 Å². The Morgan fingerprint density at radius 1 is 0.278 bits per heavy atom. The molecular formula is C123H204F6O15. The largest absolute Gasteiger partial charge is 0.508 e. The van der Waals surface area contributed by atoms with Crippen LogP contribution in [-0.4, -0.2) is 119 Å². The van der Waals surface area contributed by atoms with Gasteiger partial charge >= 0.3 is 48.2 Å². The number of carbonyl (C=O) groups is 6. The third-order valence-electron chi connectivity index (χ3n) is 24.5. The molecule has 6 aromatic carbocycles. The van der Waals surface area contributed by atoms with Crippen molar-refractivity contribution in [1.29, 1.82) is 0 Å². The van der Waals surface area contributed by atoms with Crippen molar-refractivity contribution in [1.82, 2.24) is 0 Å². The number of rotatable bonds is 31. The van der Waals surface area contributed by atoms with Crippen LogP contribution in [0, 0.1) is 32.5 Å². The van der Waals surface area contributed by atoms with Gasteiger partial charge in [0.1, 0.15) is 18.5 Å². The van der Waals surface area contributed by atoms with Crippen LogP contribution >= 0.6 is 0 Å². The van der Waals surface area contributed by atoms with Crippen LogP contribution in [0.5, 0.6) is 5.75 Å². The highest BCUT2D eigenvalue weighted by Crippen LogP contribution is 2.31.